The molecule has 2 N–H and O–H groups in total. The molecule has 0 saturated heterocycles. The monoisotopic (exact) mass is 319 g/mol. The Morgan fingerprint density at radius 1 is 1.59 bits per heavy atom. The number of aliphatic hydroxyl groups excluding tert-OH is 1. The molecular weight excluding hydrogens is 302 g/mol. The maximum atomic E-state index is 9.67. The first-order valence-electron chi connectivity index (χ1n) is 5.93. The zero-order chi connectivity index (χ0) is 12.1. The summed E-state index contributed by atoms with van der Waals surface area (Å²) in [6.45, 7) is 2.64. The highest BCUT2D eigenvalue weighted by Crippen LogP contribution is 2.28. The first kappa shape index (κ1) is 13.5. The number of hydrogen-bond acceptors (Lipinski definition) is 4. The molecule has 0 bridgehead atoms. The molecule has 1 fully saturated rings. The van der Waals surface area contributed by atoms with E-state index in [1.54, 1.807) is 11.3 Å². The van der Waals surface area contributed by atoms with Crippen LogP contribution in [0.3, 0.4) is 0 Å². The van der Waals surface area contributed by atoms with Crippen LogP contribution in [0.5, 0.6) is 0 Å². The van der Waals surface area contributed by atoms with E-state index in [0.717, 1.165) is 23.5 Å². The van der Waals surface area contributed by atoms with Gasteiger partial charge in [-0.1, -0.05) is 0 Å². The molecule has 2 rings (SSSR count). The quantitative estimate of drug-likeness (QED) is 0.773. The van der Waals surface area contributed by atoms with Crippen molar-refractivity contribution in [3.8, 4) is 0 Å². The Morgan fingerprint density at radius 3 is 3.06 bits per heavy atom. The predicted molar refractivity (Wildman–Crippen MR) is 73.3 cm³/mol. The predicted octanol–water partition coefficient (Wildman–Crippen LogP) is 2.39. The lowest BCUT2D eigenvalue weighted by Gasteiger charge is -2.11. The van der Waals surface area contributed by atoms with Crippen molar-refractivity contribution in [1.82, 2.24) is 5.32 Å². The molecule has 0 aromatic carbocycles. The first-order valence-corrected chi connectivity index (χ1v) is 7.60. The first-order chi connectivity index (χ1) is 8.24. The minimum atomic E-state index is -0.405. The molecular formula is C12H18BrNO2S. The summed E-state index contributed by atoms with van der Waals surface area (Å²) in [7, 11) is 0. The van der Waals surface area contributed by atoms with Gasteiger partial charge in [0.15, 0.2) is 0 Å². The van der Waals surface area contributed by atoms with Crippen LogP contribution >= 0.6 is 27.3 Å². The summed E-state index contributed by atoms with van der Waals surface area (Å²) < 4.78 is 6.55. The van der Waals surface area contributed by atoms with Crippen LogP contribution in [0.1, 0.15) is 17.7 Å². The fraction of sp³-hybridized carbons (Fsp3) is 0.667. The van der Waals surface area contributed by atoms with Crippen LogP contribution in [0.2, 0.25) is 0 Å². The smallest absolute Gasteiger partial charge is 0.0897 e. The highest BCUT2D eigenvalue weighted by Gasteiger charge is 2.21. The van der Waals surface area contributed by atoms with Gasteiger partial charge in [-0.2, -0.15) is 0 Å². The standard InChI is InChI=1S/C12H18BrNO2S/c13-10-3-12(17-8-10)5-14-4-11(15)7-16-6-9-1-2-9/h3,8-9,11,14-15H,1-2,4-7H2. The van der Waals surface area contributed by atoms with Crippen LogP contribution in [0.25, 0.3) is 0 Å². The molecule has 1 unspecified atom stereocenters. The average molecular weight is 320 g/mol. The third-order valence-corrected chi connectivity index (χ3v) is 4.36. The Morgan fingerprint density at radius 2 is 2.41 bits per heavy atom. The number of nitrogens with one attached hydrogen (secondary N) is 1. The summed E-state index contributed by atoms with van der Waals surface area (Å²) >= 11 is 5.13. The lowest BCUT2D eigenvalue weighted by Crippen LogP contribution is -2.30. The van der Waals surface area contributed by atoms with Crippen molar-refractivity contribution in [3.05, 3.63) is 20.8 Å². The van der Waals surface area contributed by atoms with Crippen molar-refractivity contribution >= 4 is 27.3 Å². The molecule has 17 heavy (non-hydrogen) atoms. The van der Waals surface area contributed by atoms with Gasteiger partial charge in [0.2, 0.25) is 0 Å². The molecule has 1 aromatic heterocycles. The fourth-order valence-corrected chi connectivity index (χ4v) is 2.94. The van der Waals surface area contributed by atoms with Gasteiger partial charge in [0.25, 0.3) is 0 Å². The lowest BCUT2D eigenvalue weighted by atomic mass is 10.3. The van der Waals surface area contributed by atoms with Gasteiger partial charge >= 0.3 is 0 Å². The Labute approximate surface area is 114 Å². The van der Waals surface area contributed by atoms with Crippen LogP contribution in [-0.2, 0) is 11.3 Å². The zero-order valence-corrected chi connectivity index (χ0v) is 12.1. The molecule has 3 nitrogen and oxygen atoms in total. The Hall–Kier alpha value is 0.0600. The summed E-state index contributed by atoms with van der Waals surface area (Å²) in [5.74, 6) is 0.763. The van der Waals surface area contributed by atoms with Crippen molar-refractivity contribution in [2.75, 3.05) is 19.8 Å². The molecule has 1 aliphatic carbocycles. The minimum Gasteiger partial charge on any atom is -0.389 e. The summed E-state index contributed by atoms with van der Waals surface area (Å²) in [4.78, 5) is 1.27. The van der Waals surface area contributed by atoms with E-state index >= 15 is 0 Å². The van der Waals surface area contributed by atoms with Crippen molar-refractivity contribution < 1.29 is 9.84 Å². The summed E-state index contributed by atoms with van der Waals surface area (Å²) in [5.41, 5.74) is 0. The number of hydrogen-bond donors (Lipinski definition) is 2. The molecule has 1 aromatic rings. The molecule has 0 spiro atoms. The maximum absolute atomic E-state index is 9.67. The topological polar surface area (TPSA) is 41.5 Å². The molecule has 1 saturated carbocycles. The van der Waals surface area contributed by atoms with Crippen molar-refractivity contribution in [2.24, 2.45) is 5.92 Å². The SMILES string of the molecule is OC(CNCc1cc(Br)cs1)COCC1CC1. The van der Waals surface area contributed by atoms with Crippen molar-refractivity contribution in [3.63, 3.8) is 0 Å². The van der Waals surface area contributed by atoms with Crippen LogP contribution in [-0.4, -0.2) is 31.0 Å². The number of rotatable bonds is 8. The average Bonchev–Trinajstić information content (AvgIpc) is 3.02. The van der Waals surface area contributed by atoms with Crippen molar-refractivity contribution in [1.29, 1.82) is 0 Å². The lowest BCUT2D eigenvalue weighted by molar-refractivity contribution is 0.0324. The van der Waals surface area contributed by atoms with E-state index in [2.05, 4.69) is 32.7 Å². The van der Waals surface area contributed by atoms with Crippen LogP contribution in [0.4, 0.5) is 0 Å². The molecule has 96 valence electrons. The maximum Gasteiger partial charge on any atom is 0.0897 e. The third-order valence-electron chi connectivity index (χ3n) is 2.66. The number of aliphatic hydroxyl groups is 1. The van der Waals surface area contributed by atoms with Gasteiger partial charge in [0, 0.05) is 34.4 Å². The van der Waals surface area contributed by atoms with E-state index in [4.69, 9.17) is 4.74 Å². The molecule has 1 heterocycles. The Kier molecular flexibility index (Phi) is 5.44. The van der Waals surface area contributed by atoms with E-state index in [9.17, 15) is 5.11 Å². The molecule has 0 aliphatic heterocycles. The molecule has 5 heteroatoms. The molecule has 0 amide bonds. The van der Waals surface area contributed by atoms with Gasteiger partial charge in [0.05, 0.1) is 12.7 Å². The largest absolute Gasteiger partial charge is 0.389 e. The Balaban J connectivity index is 1.51. The van der Waals surface area contributed by atoms with E-state index in [-0.39, 0.29) is 0 Å². The van der Waals surface area contributed by atoms with E-state index in [1.165, 1.54) is 17.7 Å². The van der Waals surface area contributed by atoms with Gasteiger partial charge in [-0.15, -0.1) is 11.3 Å². The molecule has 1 atom stereocenters. The van der Waals surface area contributed by atoms with Crippen LogP contribution in [0, 0.1) is 5.92 Å². The van der Waals surface area contributed by atoms with Gasteiger partial charge in [-0.25, -0.2) is 0 Å². The van der Waals surface area contributed by atoms with Gasteiger partial charge in [0.1, 0.15) is 0 Å². The normalized spacial score (nSPS) is 17.3. The highest BCUT2D eigenvalue weighted by atomic mass is 79.9. The second-order valence-electron chi connectivity index (χ2n) is 4.50. The number of halogens is 1. The van der Waals surface area contributed by atoms with Crippen LogP contribution < -0.4 is 5.32 Å². The second kappa shape index (κ2) is 6.85. The third kappa shape index (κ3) is 5.48. The van der Waals surface area contributed by atoms with Gasteiger partial charge in [-0.05, 0) is 40.8 Å². The highest BCUT2D eigenvalue weighted by molar-refractivity contribution is 9.10. The number of ether oxygens (including phenoxy) is 1. The molecule has 0 radical (unpaired) electrons. The Bertz CT molecular complexity index is 341. The fourth-order valence-electron chi connectivity index (χ4n) is 1.52. The summed E-state index contributed by atoms with van der Waals surface area (Å²) in [6.07, 6.45) is 2.18. The van der Waals surface area contributed by atoms with Crippen molar-refractivity contribution in [2.45, 2.75) is 25.5 Å². The van der Waals surface area contributed by atoms with E-state index < -0.39 is 6.10 Å². The van der Waals surface area contributed by atoms with E-state index in [0.29, 0.717) is 13.2 Å². The van der Waals surface area contributed by atoms with Crippen LogP contribution in [0.15, 0.2) is 15.9 Å². The summed E-state index contributed by atoms with van der Waals surface area (Å²) in [6, 6.07) is 2.09. The second-order valence-corrected chi connectivity index (χ2v) is 6.41. The molecule has 1 aliphatic rings. The zero-order valence-electron chi connectivity index (χ0n) is 9.69. The van der Waals surface area contributed by atoms with Gasteiger partial charge in [-0.3, -0.25) is 0 Å². The summed E-state index contributed by atoms with van der Waals surface area (Å²) in [5, 5.41) is 15.0. The minimum absolute atomic E-state index is 0.405. The van der Waals surface area contributed by atoms with Gasteiger partial charge < -0.3 is 15.2 Å². The van der Waals surface area contributed by atoms with E-state index in [1.807, 2.05) is 0 Å². The number of thiophene rings is 1.